The first-order valence-electron chi connectivity index (χ1n) is 8.75. The molecule has 2 aliphatic rings. The number of hydrogen-bond donors (Lipinski definition) is 1. The van der Waals surface area contributed by atoms with Crippen molar-refractivity contribution in [3.8, 4) is 0 Å². The minimum absolute atomic E-state index is 0.00436. The number of nitrogens with zero attached hydrogens (tertiary/aromatic N) is 1. The van der Waals surface area contributed by atoms with Gasteiger partial charge in [0.1, 0.15) is 11.4 Å². The Morgan fingerprint density at radius 1 is 1.38 bits per heavy atom. The molecule has 7 heteroatoms. The largest absolute Gasteiger partial charge is 0.444 e. The molecule has 1 atom stereocenters. The molecule has 3 rings (SSSR count). The molecule has 1 saturated carbocycles. The van der Waals surface area contributed by atoms with E-state index in [2.05, 4.69) is 21.2 Å². The molecule has 0 radical (unpaired) electrons. The zero-order valence-electron chi connectivity index (χ0n) is 15.5. The van der Waals surface area contributed by atoms with Crippen LogP contribution in [0.4, 0.5) is 9.18 Å². The lowest BCUT2D eigenvalue weighted by atomic mass is 9.73. The van der Waals surface area contributed by atoms with Crippen LogP contribution in [-0.2, 0) is 10.3 Å². The summed E-state index contributed by atoms with van der Waals surface area (Å²) in [6.07, 6.45) is 3.44. The topological polar surface area (TPSA) is 50.7 Å². The molecule has 1 N–H and O–H groups in total. The summed E-state index contributed by atoms with van der Waals surface area (Å²) < 4.78 is 20.7. The minimum atomic E-state index is -0.732. The fourth-order valence-corrected chi connectivity index (χ4v) is 5.51. The number of aliphatic imine (C=N–C) groups is 1. The number of carbonyl (C=O) groups is 1. The van der Waals surface area contributed by atoms with Crippen LogP contribution in [0, 0.1) is 5.82 Å². The van der Waals surface area contributed by atoms with E-state index in [4.69, 9.17) is 9.73 Å². The first-order valence-corrected chi connectivity index (χ1v) is 10.4. The van der Waals surface area contributed by atoms with Crippen molar-refractivity contribution in [2.45, 2.75) is 69.3 Å². The SMILES string of the molecule is CC(C)(C)OC(=O)NC1=NC(C)(c2cc(Br)ccc2F)CC2(CCC2)S1. The van der Waals surface area contributed by atoms with E-state index in [-0.39, 0.29) is 10.6 Å². The molecule has 0 bridgehead atoms. The lowest BCUT2D eigenvalue weighted by Gasteiger charge is -2.49. The Hall–Kier alpha value is -1.08. The van der Waals surface area contributed by atoms with Gasteiger partial charge in [0.25, 0.3) is 0 Å². The number of carbonyl (C=O) groups excluding carboxylic acids is 1. The first kappa shape index (κ1) is 19.7. The number of alkyl carbamates (subject to hydrolysis) is 1. The summed E-state index contributed by atoms with van der Waals surface area (Å²) in [5.41, 5.74) is -0.774. The Morgan fingerprint density at radius 3 is 2.65 bits per heavy atom. The maximum absolute atomic E-state index is 14.6. The highest BCUT2D eigenvalue weighted by atomic mass is 79.9. The molecular weight excluding hydrogens is 419 g/mol. The average molecular weight is 443 g/mol. The summed E-state index contributed by atoms with van der Waals surface area (Å²) in [5.74, 6) is -0.280. The number of thioether (sulfide) groups is 1. The normalized spacial score (nSPS) is 24.6. The number of amides is 1. The molecule has 1 aliphatic carbocycles. The number of ether oxygens (including phenoxy) is 1. The second kappa shape index (κ2) is 6.82. The molecule has 0 aromatic heterocycles. The molecule has 1 aromatic carbocycles. The lowest BCUT2D eigenvalue weighted by molar-refractivity contribution is 0.0564. The maximum atomic E-state index is 14.6. The van der Waals surface area contributed by atoms with Crippen LogP contribution in [0.1, 0.15) is 58.9 Å². The monoisotopic (exact) mass is 442 g/mol. The van der Waals surface area contributed by atoms with Crippen LogP contribution in [0.3, 0.4) is 0 Å². The van der Waals surface area contributed by atoms with E-state index in [1.807, 2.05) is 27.7 Å². The van der Waals surface area contributed by atoms with E-state index in [0.717, 1.165) is 30.2 Å². The van der Waals surface area contributed by atoms with Crippen LogP contribution in [0.15, 0.2) is 27.7 Å². The van der Waals surface area contributed by atoms with Crippen LogP contribution in [-0.4, -0.2) is 21.6 Å². The number of amidine groups is 1. The quantitative estimate of drug-likeness (QED) is 0.602. The lowest BCUT2D eigenvalue weighted by Crippen LogP contribution is -2.48. The smallest absolute Gasteiger partial charge is 0.413 e. The van der Waals surface area contributed by atoms with Crippen LogP contribution < -0.4 is 5.32 Å². The molecular formula is C19H24BrFN2O2S. The van der Waals surface area contributed by atoms with Crippen molar-refractivity contribution in [3.63, 3.8) is 0 Å². The number of benzene rings is 1. The van der Waals surface area contributed by atoms with Crippen LogP contribution in [0.5, 0.6) is 0 Å². The minimum Gasteiger partial charge on any atom is -0.444 e. The third kappa shape index (κ3) is 4.25. The Morgan fingerprint density at radius 2 is 2.08 bits per heavy atom. The molecule has 1 heterocycles. The molecule has 1 spiro atoms. The summed E-state index contributed by atoms with van der Waals surface area (Å²) >= 11 is 5.01. The number of nitrogens with one attached hydrogen (secondary N) is 1. The van der Waals surface area contributed by atoms with Gasteiger partial charge in [0.2, 0.25) is 0 Å². The van der Waals surface area contributed by atoms with Gasteiger partial charge in [0, 0.05) is 14.8 Å². The molecule has 1 aromatic rings. The van der Waals surface area contributed by atoms with Crippen molar-refractivity contribution in [3.05, 3.63) is 34.1 Å². The van der Waals surface area contributed by atoms with Gasteiger partial charge in [-0.05, 0) is 65.2 Å². The van der Waals surface area contributed by atoms with Gasteiger partial charge in [-0.3, -0.25) is 10.3 Å². The van der Waals surface area contributed by atoms with E-state index in [9.17, 15) is 9.18 Å². The number of halogens is 2. The second-order valence-electron chi connectivity index (χ2n) is 8.26. The van der Waals surface area contributed by atoms with Crippen LogP contribution in [0.2, 0.25) is 0 Å². The molecule has 1 aliphatic heterocycles. The summed E-state index contributed by atoms with van der Waals surface area (Å²) in [6, 6.07) is 4.92. The van der Waals surface area contributed by atoms with Gasteiger partial charge in [0.05, 0.1) is 5.54 Å². The predicted octanol–water partition coefficient (Wildman–Crippen LogP) is 5.74. The Bertz CT molecular complexity index is 758. The van der Waals surface area contributed by atoms with E-state index in [1.54, 1.807) is 23.9 Å². The molecule has 142 valence electrons. The molecule has 1 fully saturated rings. The third-order valence-electron chi connectivity index (χ3n) is 4.71. The Kier molecular flexibility index (Phi) is 5.16. The molecule has 1 unspecified atom stereocenters. The van der Waals surface area contributed by atoms with Crippen LogP contribution in [0.25, 0.3) is 0 Å². The Balaban J connectivity index is 1.93. The third-order valence-corrected chi connectivity index (χ3v) is 6.57. The molecule has 4 nitrogen and oxygen atoms in total. The zero-order chi connectivity index (χ0) is 19.2. The van der Waals surface area contributed by atoms with Gasteiger partial charge < -0.3 is 4.74 Å². The molecule has 0 saturated heterocycles. The van der Waals surface area contributed by atoms with Gasteiger partial charge in [-0.15, -0.1) is 0 Å². The van der Waals surface area contributed by atoms with Gasteiger partial charge >= 0.3 is 6.09 Å². The maximum Gasteiger partial charge on any atom is 0.413 e. The van der Waals surface area contributed by atoms with Crippen molar-refractivity contribution >= 4 is 39.0 Å². The summed E-state index contributed by atoms with van der Waals surface area (Å²) in [7, 11) is 0. The summed E-state index contributed by atoms with van der Waals surface area (Å²) in [6.45, 7) is 7.39. The number of rotatable bonds is 1. The molecule has 1 amide bonds. The van der Waals surface area contributed by atoms with Crippen LogP contribution >= 0.6 is 27.7 Å². The summed E-state index contributed by atoms with van der Waals surface area (Å²) in [4.78, 5) is 16.9. The van der Waals surface area contributed by atoms with Gasteiger partial charge in [-0.25, -0.2) is 9.18 Å². The first-order chi connectivity index (χ1) is 12.0. The van der Waals surface area contributed by atoms with E-state index >= 15 is 0 Å². The van der Waals surface area contributed by atoms with E-state index in [0.29, 0.717) is 10.7 Å². The van der Waals surface area contributed by atoms with E-state index < -0.39 is 17.2 Å². The predicted molar refractivity (Wildman–Crippen MR) is 107 cm³/mol. The highest BCUT2D eigenvalue weighted by molar-refractivity contribution is 9.10. The van der Waals surface area contributed by atoms with Crippen molar-refractivity contribution < 1.29 is 13.9 Å². The van der Waals surface area contributed by atoms with Crippen molar-refractivity contribution in [2.24, 2.45) is 4.99 Å². The van der Waals surface area contributed by atoms with Crippen molar-refractivity contribution in [2.75, 3.05) is 0 Å². The number of hydrogen-bond acceptors (Lipinski definition) is 4. The van der Waals surface area contributed by atoms with Crippen molar-refractivity contribution in [1.82, 2.24) is 5.32 Å². The van der Waals surface area contributed by atoms with Gasteiger partial charge in [-0.2, -0.15) is 0 Å². The molecule has 26 heavy (non-hydrogen) atoms. The Labute approximate surface area is 166 Å². The van der Waals surface area contributed by atoms with Gasteiger partial charge in [0.15, 0.2) is 5.17 Å². The zero-order valence-corrected chi connectivity index (χ0v) is 17.9. The standard InChI is InChI=1S/C19H24BrFN2O2S/c1-17(2,3)25-16(24)22-15-23-18(4,11-19(26-15)8-5-9-19)13-10-12(20)6-7-14(13)21/h6-7,10H,5,8-9,11H2,1-4H3,(H,22,23,24). The fourth-order valence-electron chi connectivity index (χ4n) is 3.51. The highest BCUT2D eigenvalue weighted by Gasteiger charge is 2.49. The fraction of sp³-hybridized carbons (Fsp3) is 0.579. The van der Waals surface area contributed by atoms with Crippen molar-refractivity contribution in [1.29, 1.82) is 0 Å². The highest BCUT2D eigenvalue weighted by Crippen LogP contribution is 2.55. The van der Waals surface area contributed by atoms with Gasteiger partial charge in [-0.1, -0.05) is 34.1 Å². The average Bonchev–Trinajstić information content (AvgIpc) is 2.45. The second-order valence-corrected chi connectivity index (χ2v) is 10.6. The van der Waals surface area contributed by atoms with E-state index in [1.165, 1.54) is 6.07 Å². The summed E-state index contributed by atoms with van der Waals surface area (Å²) in [5, 5.41) is 3.28.